The number of fused-ring (bicyclic) bond motifs is 9. The van der Waals surface area contributed by atoms with Crippen molar-refractivity contribution < 1.29 is 8.83 Å². The van der Waals surface area contributed by atoms with Gasteiger partial charge in [0.2, 0.25) is 0 Å². The van der Waals surface area contributed by atoms with Crippen LogP contribution in [0, 0.1) is 0 Å². The average Bonchev–Trinajstić information content (AvgIpc) is 3.89. The number of rotatable bonds is 5. The molecule has 0 amide bonds. The zero-order valence-corrected chi connectivity index (χ0v) is 29.0. The Balaban J connectivity index is 1.15. The van der Waals surface area contributed by atoms with E-state index in [0.717, 1.165) is 79.2 Å². The Bertz CT molecular complexity index is 3000. The lowest BCUT2D eigenvalue weighted by Gasteiger charge is -2.26. The molecule has 0 saturated carbocycles. The summed E-state index contributed by atoms with van der Waals surface area (Å²) in [6.07, 6.45) is 6.79. The fourth-order valence-corrected chi connectivity index (χ4v) is 9.42. The molecule has 0 aliphatic heterocycles. The first-order chi connectivity index (χ1) is 25.8. The van der Waals surface area contributed by atoms with Gasteiger partial charge < -0.3 is 13.7 Å². The van der Waals surface area contributed by atoms with Gasteiger partial charge >= 0.3 is 0 Å². The van der Waals surface area contributed by atoms with E-state index >= 15 is 0 Å². The van der Waals surface area contributed by atoms with Crippen LogP contribution in [0.4, 0.5) is 17.1 Å². The number of aryl methyl sites for hydroxylation is 1. The van der Waals surface area contributed by atoms with Crippen LogP contribution in [0.5, 0.6) is 0 Å². The Morgan fingerprint density at radius 1 is 0.519 bits per heavy atom. The van der Waals surface area contributed by atoms with Crippen molar-refractivity contribution in [2.24, 2.45) is 0 Å². The van der Waals surface area contributed by atoms with Crippen molar-refractivity contribution in [3.63, 3.8) is 0 Å². The summed E-state index contributed by atoms with van der Waals surface area (Å²) in [6, 6.07) is 53.9. The summed E-state index contributed by atoms with van der Waals surface area (Å²) >= 11 is 1.93. The highest BCUT2D eigenvalue weighted by Crippen LogP contribution is 2.48. The van der Waals surface area contributed by atoms with Crippen LogP contribution in [0.25, 0.3) is 82.3 Å². The molecule has 3 heterocycles. The van der Waals surface area contributed by atoms with Crippen LogP contribution in [0.1, 0.15) is 16.9 Å². The fraction of sp³-hybridized carbons (Fsp3) is 0.0417. The first-order valence-electron chi connectivity index (χ1n) is 17.8. The molecule has 0 N–H and O–H groups in total. The van der Waals surface area contributed by atoms with E-state index in [0.29, 0.717) is 0 Å². The third kappa shape index (κ3) is 4.51. The average molecular weight is 686 g/mol. The third-order valence-corrected chi connectivity index (χ3v) is 11.8. The number of allylic oxidation sites excluding steroid dienone is 1. The van der Waals surface area contributed by atoms with Gasteiger partial charge in [-0.3, -0.25) is 0 Å². The maximum atomic E-state index is 6.98. The van der Waals surface area contributed by atoms with Crippen LogP contribution >= 0.6 is 11.3 Å². The quantitative estimate of drug-likeness (QED) is 0.181. The van der Waals surface area contributed by atoms with Crippen LogP contribution in [-0.2, 0) is 6.42 Å². The van der Waals surface area contributed by atoms with Gasteiger partial charge in [0.25, 0.3) is 0 Å². The van der Waals surface area contributed by atoms with E-state index in [1.807, 2.05) is 23.5 Å². The maximum absolute atomic E-state index is 6.98. The number of nitrogens with zero attached hydrogens (tertiary/aromatic N) is 1. The lowest BCUT2D eigenvalue weighted by molar-refractivity contribution is 0.664. The maximum Gasteiger partial charge on any atom is 0.144 e. The van der Waals surface area contributed by atoms with Crippen molar-refractivity contribution in [1.29, 1.82) is 0 Å². The Labute approximate surface area is 304 Å². The first kappa shape index (κ1) is 29.4. The molecule has 11 rings (SSSR count). The second-order valence-electron chi connectivity index (χ2n) is 13.5. The van der Waals surface area contributed by atoms with Gasteiger partial charge in [-0.25, -0.2) is 0 Å². The molecule has 1 aliphatic rings. The molecular weight excluding hydrogens is 655 g/mol. The molecule has 1 aliphatic carbocycles. The van der Waals surface area contributed by atoms with Gasteiger partial charge in [0, 0.05) is 54.8 Å². The molecule has 52 heavy (non-hydrogen) atoms. The number of anilines is 3. The Kier molecular flexibility index (Phi) is 6.55. The summed E-state index contributed by atoms with van der Waals surface area (Å²) in [5.41, 5.74) is 12.7. The first-order valence-corrected chi connectivity index (χ1v) is 18.6. The summed E-state index contributed by atoms with van der Waals surface area (Å²) < 4.78 is 14.8. The van der Waals surface area contributed by atoms with E-state index in [1.54, 1.807) is 0 Å². The van der Waals surface area contributed by atoms with Gasteiger partial charge in [0.15, 0.2) is 0 Å². The smallest absolute Gasteiger partial charge is 0.144 e. The lowest BCUT2D eigenvalue weighted by atomic mass is 9.96. The van der Waals surface area contributed by atoms with Crippen LogP contribution in [0.3, 0.4) is 0 Å². The van der Waals surface area contributed by atoms with Crippen LogP contribution in [0.15, 0.2) is 167 Å². The highest BCUT2D eigenvalue weighted by atomic mass is 32.1. The van der Waals surface area contributed by atoms with Crippen LogP contribution < -0.4 is 4.90 Å². The van der Waals surface area contributed by atoms with Gasteiger partial charge in [-0.15, -0.1) is 11.3 Å². The lowest BCUT2D eigenvalue weighted by Crippen LogP contribution is -2.10. The Morgan fingerprint density at radius 3 is 2.10 bits per heavy atom. The summed E-state index contributed by atoms with van der Waals surface area (Å²) in [4.78, 5) is 3.86. The Hall–Kier alpha value is -6.36. The molecule has 0 saturated heterocycles. The predicted molar refractivity (Wildman–Crippen MR) is 219 cm³/mol. The van der Waals surface area contributed by atoms with Gasteiger partial charge in [-0.1, -0.05) is 115 Å². The van der Waals surface area contributed by atoms with Crippen molar-refractivity contribution in [3.05, 3.63) is 168 Å². The largest absolute Gasteiger partial charge is 0.456 e. The van der Waals surface area contributed by atoms with Crippen LogP contribution in [0.2, 0.25) is 0 Å². The van der Waals surface area contributed by atoms with Crippen molar-refractivity contribution in [3.8, 4) is 22.3 Å². The highest BCUT2D eigenvalue weighted by Gasteiger charge is 2.24. The molecule has 10 aromatic rings. The Morgan fingerprint density at radius 2 is 1.25 bits per heavy atom. The van der Waals surface area contributed by atoms with Crippen LogP contribution in [-0.4, -0.2) is 0 Å². The van der Waals surface area contributed by atoms with Gasteiger partial charge in [-0.2, -0.15) is 0 Å². The zero-order valence-electron chi connectivity index (χ0n) is 28.2. The van der Waals surface area contributed by atoms with Gasteiger partial charge in [-0.05, 0) is 77.6 Å². The number of furan rings is 2. The second-order valence-corrected chi connectivity index (χ2v) is 14.6. The molecule has 0 radical (unpaired) electrons. The van der Waals surface area contributed by atoms with Crippen molar-refractivity contribution in [2.45, 2.75) is 12.8 Å². The number of hydrogen-bond acceptors (Lipinski definition) is 4. The van der Waals surface area contributed by atoms with Crippen molar-refractivity contribution in [2.75, 3.05) is 4.90 Å². The van der Waals surface area contributed by atoms with Crippen molar-refractivity contribution in [1.82, 2.24) is 0 Å². The third-order valence-electron chi connectivity index (χ3n) is 10.5. The number of thiophene rings is 1. The van der Waals surface area contributed by atoms with Gasteiger partial charge in [0.05, 0.1) is 10.4 Å². The monoisotopic (exact) mass is 685 g/mol. The molecule has 3 aromatic heterocycles. The predicted octanol–water partition coefficient (Wildman–Crippen LogP) is 14.5. The van der Waals surface area contributed by atoms with Gasteiger partial charge in [0.1, 0.15) is 22.3 Å². The molecule has 0 spiro atoms. The van der Waals surface area contributed by atoms with E-state index in [2.05, 4.69) is 157 Å². The highest BCUT2D eigenvalue weighted by molar-refractivity contribution is 7.20. The van der Waals surface area contributed by atoms with E-state index in [-0.39, 0.29) is 0 Å². The second kappa shape index (κ2) is 11.6. The van der Waals surface area contributed by atoms with E-state index < -0.39 is 0 Å². The normalized spacial score (nSPS) is 12.8. The molecule has 0 unspecified atom stereocenters. The molecule has 4 heteroatoms. The topological polar surface area (TPSA) is 29.5 Å². The summed E-state index contributed by atoms with van der Waals surface area (Å²) in [5, 5.41) is 5.59. The molecule has 0 fully saturated rings. The number of para-hydroxylation sites is 1. The molecule has 246 valence electrons. The molecule has 7 aromatic carbocycles. The number of hydrogen-bond donors (Lipinski definition) is 0. The molecule has 3 nitrogen and oxygen atoms in total. The summed E-state index contributed by atoms with van der Waals surface area (Å²) in [6.45, 7) is 0. The summed E-state index contributed by atoms with van der Waals surface area (Å²) in [5.74, 6) is 0. The minimum absolute atomic E-state index is 0.841. The SMILES string of the molecule is C1=Cc2c(sc3c(N(c4ccc(-c5ccccc5)cc4)c4ccc5c(c4)oc4c(-c6ccccc6)c6c(cc45)oc4ccccc46)cccc23)CC1. The molecule has 0 atom stereocenters. The standard InChI is InChI=1S/C48H31NO2S/c1-3-12-30(13-4-1)31-22-24-33(25-23-31)49(40-19-11-18-37-36-16-8-10-21-44(36)52-48(37)40)34-26-27-35-39-29-43-46(38-17-7-9-20-41(38)50-43)45(32-14-5-2-6-15-32)47(39)51-42(35)28-34/h1-9,11-20,22-29H,10,21H2. The van der Waals surface area contributed by atoms with E-state index in [1.165, 1.54) is 37.3 Å². The summed E-state index contributed by atoms with van der Waals surface area (Å²) in [7, 11) is 0. The van der Waals surface area contributed by atoms with E-state index in [9.17, 15) is 0 Å². The number of benzene rings is 7. The zero-order chi connectivity index (χ0) is 34.2. The molecular formula is C48H31NO2S. The minimum Gasteiger partial charge on any atom is -0.456 e. The van der Waals surface area contributed by atoms with Crippen molar-refractivity contribution >= 4 is 88.4 Å². The van der Waals surface area contributed by atoms with E-state index in [4.69, 9.17) is 8.83 Å². The fourth-order valence-electron chi connectivity index (χ4n) is 8.12. The minimum atomic E-state index is 0.841. The molecule has 0 bridgehead atoms.